The van der Waals surface area contributed by atoms with Gasteiger partial charge in [-0.3, -0.25) is 10.3 Å². The molecule has 16 heavy (non-hydrogen) atoms. The predicted octanol–water partition coefficient (Wildman–Crippen LogP) is 2.36. The Kier molecular flexibility index (Phi) is 3.53. The summed E-state index contributed by atoms with van der Waals surface area (Å²) in [6, 6.07) is 0.857. The van der Waals surface area contributed by atoms with Crippen LogP contribution in [0.2, 0.25) is 0 Å². The highest BCUT2D eigenvalue weighted by Crippen LogP contribution is 2.50. The Hall–Kier alpha value is -0.570. The van der Waals surface area contributed by atoms with E-state index >= 15 is 0 Å². The van der Waals surface area contributed by atoms with E-state index in [2.05, 4.69) is 11.8 Å². The van der Waals surface area contributed by atoms with Gasteiger partial charge >= 0.3 is 0 Å². The molecule has 0 amide bonds. The van der Waals surface area contributed by atoms with Crippen molar-refractivity contribution in [3.63, 3.8) is 0 Å². The lowest BCUT2D eigenvalue weighted by Gasteiger charge is -2.27. The van der Waals surface area contributed by atoms with Gasteiger partial charge in [0.15, 0.2) is 0 Å². The minimum absolute atomic E-state index is 0.378. The van der Waals surface area contributed by atoms with Crippen LogP contribution in [0.3, 0.4) is 0 Å². The number of nitrogens with two attached hydrogens (primary N) is 1. The van der Waals surface area contributed by atoms with Crippen LogP contribution in [-0.2, 0) is 0 Å². The first-order chi connectivity index (χ1) is 7.65. The number of unbranched alkanes of at least 4 members (excludes halogenated alkanes) is 1. The van der Waals surface area contributed by atoms with Crippen LogP contribution < -0.4 is 5.73 Å². The fourth-order valence-electron chi connectivity index (χ4n) is 2.59. The summed E-state index contributed by atoms with van der Waals surface area (Å²) < 4.78 is 0. The van der Waals surface area contributed by atoms with Gasteiger partial charge in [0.2, 0.25) is 0 Å². The maximum absolute atomic E-state index is 7.45. The molecule has 0 radical (unpaired) electrons. The molecule has 2 aliphatic rings. The highest BCUT2D eigenvalue weighted by atomic mass is 15.2. The molecule has 92 valence electrons. The monoisotopic (exact) mass is 223 g/mol. The standard InChI is InChI=1S/C13H25N3/c1-2-3-8-16(11-4-5-11)10-13(6-7-13)9-12(14)15/h11H,2-10H2,1H3,(H3,14,15). The molecule has 2 saturated carbocycles. The summed E-state index contributed by atoms with van der Waals surface area (Å²) in [6.07, 6.45) is 8.75. The molecular formula is C13H25N3. The van der Waals surface area contributed by atoms with Gasteiger partial charge in [-0.2, -0.15) is 0 Å². The third kappa shape index (κ3) is 3.21. The van der Waals surface area contributed by atoms with Crippen molar-refractivity contribution in [2.45, 2.75) is 57.9 Å². The van der Waals surface area contributed by atoms with Crippen molar-refractivity contribution in [3.05, 3.63) is 0 Å². The molecule has 0 spiro atoms. The van der Waals surface area contributed by atoms with Crippen LogP contribution in [-0.4, -0.2) is 29.9 Å². The van der Waals surface area contributed by atoms with Crippen LogP contribution in [0.25, 0.3) is 0 Å². The van der Waals surface area contributed by atoms with Gasteiger partial charge in [0.05, 0.1) is 5.84 Å². The molecule has 0 aromatic heterocycles. The SMILES string of the molecule is CCCCN(CC1(CC(=N)N)CC1)C1CC1. The maximum atomic E-state index is 7.45. The van der Waals surface area contributed by atoms with Crippen molar-refractivity contribution in [2.24, 2.45) is 11.1 Å². The zero-order valence-electron chi connectivity index (χ0n) is 10.5. The second kappa shape index (κ2) is 4.74. The largest absolute Gasteiger partial charge is 0.388 e. The summed E-state index contributed by atoms with van der Waals surface area (Å²) in [5.41, 5.74) is 5.94. The number of hydrogen-bond acceptors (Lipinski definition) is 2. The zero-order chi connectivity index (χ0) is 11.6. The number of rotatable bonds is 8. The van der Waals surface area contributed by atoms with Crippen molar-refractivity contribution in [1.29, 1.82) is 5.41 Å². The maximum Gasteiger partial charge on any atom is 0.0911 e. The Balaban J connectivity index is 1.82. The van der Waals surface area contributed by atoms with Crippen molar-refractivity contribution >= 4 is 5.84 Å². The van der Waals surface area contributed by atoms with E-state index in [0.717, 1.165) is 12.5 Å². The fourth-order valence-corrected chi connectivity index (χ4v) is 2.59. The van der Waals surface area contributed by atoms with Gasteiger partial charge < -0.3 is 5.73 Å². The summed E-state index contributed by atoms with van der Waals surface area (Å²) in [5.74, 6) is 0.378. The van der Waals surface area contributed by atoms with E-state index in [1.807, 2.05) is 0 Å². The lowest BCUT2D eigenvalue weighted by Crippen LogP contribution is -2.35. The van der Waals surface area contributed by atoms with Gasteiger partial charge in [-0.15, -0.1) is 0 Å². The van der Waals surface area contributed by atoms with Gasteiger partial charge in [-0.25, -0.2) is 0 Å². The molecule has 0 bridgehead atoms. The van der Waals surface area contributed by atoms with E-state index < -0.39 is 0 Å². The topological polar surface area (TPSA) is 53.1 Å². The van der Waals surface area contributed by atoms with Crippen LogP contribution >= 0.6 is 0 Å². The second-order valence-corrected chi connectivity index (χ2v) is 5.76. The van der Waals surface area contributed by atoms with Crippen molar-refractivity contribution in [2.75, 3.05) is 13.1 Å². The second-order valence-electron chi connectivity index (χ2n) is 5.76. The van der Waals surface area contributed by atoms with Gasteiger partial charge in [0, 0.05) is 19.0 Å². The Morgan fingerprint density at radius 2 is 2.12 bits per heavy atom. The first kappa shape index (κ1) is 11.9. The van der Waals surface area contributed by atoms with Gasteiger partial charge in [-0.05, 0) is 44.1 Å². The third-order valence-corrected chi connectivity index (χ3v) is 3.92. The van der Waals surface area contributed by atoms with Crippen LogP contribution in [0.5, 0.6) is 0 Å². The van der Waals surface area contributed by atoms with Crippen LogP contribution in [0.15, 0.2) is 0 Å². The number of nitrogens with zero attached hydrogens (tertiary/aromatic N) is 1. The van der Waals surface area contributed by atoms with E-state index in [1.54, 1.807) is 0 Å². The predicted molar refractivity (Wildman–Crippen MR) is 67.7 cm³/mol. The molecule has 0 aromatic carbocycles. The molecule has 2 rings (SSSR count). The first-order valence-corrected chi connectivity index (χ1v) is 6.72. The summed E-state index contributed by atoms with van der Waals surface area (Å²) in [5, 5.41) is 7.45. The van der Waals surface area contributed by atoms with Gasteiger partial charge in [0.1, 0.15) is 0 Å². The smallest absolute Gasteiger partial charge is 0.0911 e. The van der Waals surface area contributed by atoms with Crippen LogP contribution in [0, 0.1) is 10.8 Å². The Morgan fingerprint density at radius 3 is 2.56 bits per heavy atom. The van der Waals surface area contributed by atoms with Crippen LogP contribution in [0.4, 0.5) is 0 Å². The molecule has 0 aliphatic heterocycles. The molecule has 0 atom stereocenters. The van der Waals surface area contributed by atoms with E-state index in [4.69, 9.17) is 11.1 Å². The van der Waals surface area contributed by atoms with Crippen LogP contribution in [0.1, 0.15) is 51.9 Å². The molecule has 3 N–H and O–H groups in total. The Morgan fingerprint density at radius 1 is 1.44 bits per heavy atom. The molecule has 0 saturated heterocycles. The lowest BCUT2D eigenvalue weighted by molar-refractivity contribution is 0.209. The number of nitrogens with one attached hydrogen (secondary N) is 1. The molecule has 0 aromatic rings. The summed E-state index contributed by atoms with van der Waals surface area (Å²) in [4.78, 5) is 2.67. The van der Waals surface area contributed by atoms with E-state index in [-0.39, 0.29) is 0 Å². The van der Waals surface area contributed by atoms with Crippen molar-refractivity contribution in [3.8, 4) is 0 Å². The Labute approximate surface area is 98.9 Å². The normalized spacial score (nSPS) is 22.4. The fraction of sp³-hybridized carbons (Fsp3) is 0.923. The summed E-state index contributed by atoms with van der Waals surface area (Å²) in [7, 11) is 0. The van der Waals surface area contributed by atoms with E-state index in [1.165, 1.54) is 51.6 Å². The summed E-state index contributed by atoms with van der Waals surface area (Å²) in [6.45, 7) is 4.70. The number of amidine groups is 1. The molecule has 0 heterocycles. The van der Waals surface area contributed by atoms with Crippen molar-refractivity contribution in [1.82, 2.24) is 4.90 Å². The quantitative estimate of drug-likeness (QED) is 0.490. The molecular weight excluding hydrogens is 198 g/mol. The van der Waals surface area contributed by atoms with Crippen molar-refractivity contribution < 1.29 is 0 Å². The average Bonchev–Trinajstić information content (AvgIpc) is 3.05. The van der Waals surface area contributed by atoms with E-state index in [9.17, 15) is 0 Å². The first-order valence-electron chi connectivity index (χ1n) is 6.72. The minimum atomic E-state index is 0.378. The zero-order valence-corrected chi connectivity index (χ0v) is 10.5. The highest BCUT2D eigenvalue weighted by molar-refractivity contribution is 5.78. The number of hydrogen-bond donors (Lipinski definition) is 2. The van der Waals surface area contributed by atoms with Gasteiger partial charge in [0.25, 0.3) is 0 Å². The Bertz CT molecular complexity index is 254. The lowest BCUT2D eigenvalue weighted by atomic mass is 10.0. The van der Waals surface area contributed by atoms with E-state index in [0.29, 0.717) is 11.3 Å². The molecule has 3 heteroatoms. The minimum Gasteiger partial charge on any atom is -0.388 e. The summed E-state index contributed by atoms with van der Waals surface area (Å²) >= 11 is 0. The van der Waals surface area contributed by atoms with Gasteiger partial charge in [-0.1, -0.05) is 13.3 Å². The average molecular weight is 223 g/mol. The molecule has 2 fully saturated rings. The highest BCUT2D eigenvalue weighted by Gasteiger charge is 2.46. The molecule has 3 nitrogen and oxygen atoms in total. The molecule has 2 aliphatic carbocycles. The third-order valence-electron chi connectivity index (χ3n) is 3.92. The molecule has 0 unspecified atom stereocenters.